The number of hydrogen-bond acceptors (Lipinski definition) is 3. The van der Waals surface area contributed by atoms with E-state index in [-0.39, 0.29) is 11.8 Å². The van der Waals surface area contributed by atoms with Gasteiger partial charge in [0.15, 0.2) is 0 Å². The lowest BCUT2D eigenvalue weighted by molar-refractivity contribution is -0.137. The van der Waals surface area contributed by atoms with Gasteiger partial charge in [0, 0.05) is 26.2 Å². The van der Waals surface area contributed by atoms with E-state index in [0.29, 0.717) is 13.1 Å². The lowest BCUT2D eigenvalue weighted by atomic mass is 9.97. The smallest absolute Gasteiger partial charge is 0.227 e. The minimum absolute atomic E-state index is 0.133. The van der Waals surface area contributed by atoms with Crippen LogP contribution in [-0.4, -0.2) is 56.0 Å². The second-order valence-electron chi connectivity index (χ2n) is 5.35. The molecule has 0 spiro atoms. The van der Waals surface area contributed by atoms with Gasteiger partial charge in [-0.05, 0) is 32.1 Å². The second kappa shape index (κ2) is 5.57. The predicted molar refractivity (Wildman–Crippen MR) is 69.6 cm³/mol. The topological polar surface area (TPSA) is 57.7 Å². The summed E-state index contributed by atoms with van der Waals surface area (Å²) in [6, 6.07) is 0. The van der Waals surface area contributed by atoms with Crippen molar-refractivity contribution >= 4 is 15.9 Å². The van der Waals surface area contributed by atoms with Gasteiger partial charge in [0.25, 0.3) is 0 Å². The van der Waals surface area contributed by atoms with Crippen LogP contribution in [0.2, 0.25) is 0 Å². The van der Waals surface area contributed by atoms with E-state index in [2.05, 4.69) is 0 Å². The predicted octanol–water partition coefficient (Wildman–Crippen LogP) is 0.670. The number of amides is 1. The van der Waals surface area contributed by atoms with Crippen LogP contribution in [0.1, 0.15) is 32.1 Å². The van der Waals surface area contributed by atoms with Crippen molar-refractivity contribution in [2.75, 3.05) is 32.4 Å². The van der Waals surface area contributed by atoms with Gasteiger partial charge in [-0.1, -0.05) is 0 Å². The molecular weight excluding hydrogens is 252 g/mol. The molecule has 2 aliphatic rings. The summed E-state index contributed by atoms with van der Waals surface area (Å²) in [5, 5.41) is 0. The number of likely N-dealkylation sites (tertiary alicyclic amines) is 1. The maximum atomic E-state index is 12.3. The normalized spacial score (nSPS) is 27.2. The molecule has 0 aromatic rings. The van der Waals surface area contributed by atoms with Crippen LogP contribution in [0, 0.1) is 5.92 Å². The Hall–Kier alpha value is -0.620. The quantitative estimate of drug-likeness (QED) is 0.743. The Kier molecular flexibility index (Phi) is 4.27. The van der Waals surface area contributed by atoms with Crippen molar-refractivity contribution in [2.24, 2.45) is 5.92 Å². The molecule has 104 valence electrons. The summed E-state index contributed by atoms with van der Waals surface area (Å²) in [4.78, 5) is 14.2. The van der Waals surface area contributed by atoms with E-state index in [9.17, 15) is 13.2 Å². The fourth-order valence-corrected chi connectivity index (χ4v) is 3.73. The lowest BCUT2D eigenvalue weighted by Crippen LogP contribution is -2.47. The van der Waals surface area contributed by atoms with Gasteiger partial charge in [-0.3, -0.25) is 4.79 Å². The van der Waals surface area contributed by atoms with Gasteiger partial charge in [0.05, 0.1) is 12.2 Å². The first-order valence-corrected chi connectivity index (χ1v) is 8.57. The molecule has 5 nitrogen and oxygen atoms in total. The summed E-state index contributed by atoms with van der Waals surface area (Å²) in [6.45, 7) is 2.61. The van der Waals surface area contributed by atoms with Crippen molar-refractivity contribution in [3.05, 3.63) is 0 Å². The van der Waals surface area contributed by atoms with Crippen molar-refractivity contribution in [3.8, 4) is 0 Å². The molecule has 0 aliphatic carbocycles. The average Bonchev–Trinajstić information content (AvgIpc) is 2.38. The van der Waals surface area contributed by atoms with E-state index >= 15 is 0 Å². The van der Waals surface area contributed by atoms with Crippen LogP contribution >= 0.6 is 0 Å². The van der Waals surface area contributed by atoms with Crippen molar-refractivity contribution < 1.29 is 13.2 Å². The third kappa shape index (κ3) is 3.23. The molecule has 18 heavy (non-hydrogen) atoms. The number of hydrogen-bond donors (Lipinski definition) is 0. The molecule has 0 radical (unpaired) electrons. The van der Waals surface area contributed by atoms with E-state index in [1.165, 1.54) is 17.0 Å². The Bertz CT molecular complexity index is 402. The van der Waals surface area contributed by atoms with Crippen LogP contribution in [0.3, 0.4) is 0 Å². The summed E-state index contributed by atoms with van der Waals surface area (Å²) >= 11 is 0. The molecule has 2 fully saturated rings. The van der Waals surface area contributed by atoms with Crippen molar-refractivity contribution in [3.63, 3.8) is 0 Å². The molecule has 0 bridgehead atoms. The highest BCUT2D eigenvalue weighted by Gasteiger charge is 2.32. The van der Waals surface area contributed by atoms with Gasteiger partial charge in [-0.2, -0.15) is 0 Å². The highest BCUT2D eigenvalue weighted by molar-refractivity contribution is 7.88. The minimum atomic E-state index is -3.16. The number of rotatable bonds is 2. The van der Waals surface area contributed by atoms with Gasteiger partial charge < -0.3 is 4.90 Å². The SMILES string of the molecule is CS(=O)(=O)N1CCC[C@@H](C(=O)N2CCCCC2)C1. The third-order valence-electron chi connectivity index (χ3n) is 3.87. The summed E-state index contributed by atoms with van der Waals surface area (Å²) < 4.78 is 24.5. The van der Waals surface area contributed by atoms with Gasteiger partial charge in [0.2, 0.25) is 15.9 Å². The van der Waals surface area contributed by atoms with E-state index in [0.717, 1.165) is 38.8 Å². The zero-order valence-corrected chi connectivity index (χ0v) is 11.8. The average molecular weight is 274 g/mol. The Balaban J connectivity index is 1.97. The first kappa shape index (κ1) is 13.8. The Morgan fingerprint density at radius 2 is 1.72 bits per heavy atom. The molecular formula is C12H22N2O3S. The minimum Gasteiger partial charge on any atom is -0.342 e. The van der Waals surface area contributed by atoms with Crippen LogP contribution in [0.4, 0.5) is 0 Å². The number of piperidine rings is 2. The van der Waals surface area contributed by atoms with Gasteiger partial charge in [-0.15, -0.1) is 0 Å². The van der Waals surface area contributed by atoms with E-state index in [1.54, 1.807) is 0 Å². The fraction of sp³-hybridized carbons (Fsp3) is 0.917. The molecule has 0 aromatic heterocycles. The number of carbonyl (C=O) groups excluding carboxylic acids is 1. The maximum absolute atomic E-state index is 12.3. The molecule has 0 saturated carbocycles. The van der Waals surface area contributed by atoms with Crippen LogP contribution in [0.25, 0.3) is 0 Å². The van der Waals surface area contributed by atoms with Crippen LogP contribution in [-0.2, 0) is 14.8 Å². The first-order valence-electron chi connectivity index (χ1n) is 6.72. The molecule has 2 rings (SSSR count). The molecule has 0 unspecified atom stereocenters. The van der Waals surface area contributed by atoms with Crippen molar-refractivity contribution in [1.29, 1.82) is 0 Å². The molecule has 1 atom stereocenters. The van der Waals surface area contributed by atoms with Crippen molar-refractivity contribution in [1.82, 2.24) is 9.21 Å². The van der Waals surface area contributed by atoms with Gasteiger partial charge in [-0.25, -0.2) is 12.7 Å². The Labute approximate surface area is 109 Å². The Morgan fingerprint density at radius 1 is 1.06 bits per heavy atom. The standard InChI is InChI=1S/C12H22N2O3S/c1-18(16,17)14-9-5-6-11(10-14)12(15)13-7-3-2-4-8-13/h11H,2-10H2,1H3/t11-/m1/s1. The largest absolute Gasteiger partial charge is 0.342 e. The monoisotopic (exact) mass is 274 g/mol. The third-order valence-corrected chi connectivity index (χ3v) is 5.14. The highest BCUT2D eigenvalue weighted by atomic mass is 32.2. The molecule has 0 N–H and O–H groups in total. The lowest BCUT2D eigenvalue weighted by Gasteiger charge is -2.35. The van der Waals surface area contributed by atoms with Crippen LogP contribution < -0.4 is 0 Å². The van der Waals surface area contributed by atoms with Crippen molar-refractivity contribution in [2.45, 2.75) is 32.1 Å². The molecule has 2 saturated heterocycles. The first-order chi connectivity index (χ1) is 8.48. The summed E-state index contributed by atoms with van der Waals surface area (Å²) in [5.41, 5.74) is 0. The number of nitrogens with zero attached hydrogens (tertiary/aromatic N) is 2. The molecule has 6 heteroatoms. The highest BCUT2D eigenvalue weighted by Crippen LogP contribution is 2.22. The molecule has 2 aliphatic heterocycles. The van der Waals surface area contributed by atoms with Crippen LogP contribution in [0.5, 0.6) is 0 Å². The molecule has 0 aromatic carbocycles. The second-order valence-corrected chi connectivity index (χ2v) is 7.33. The van der Waals surface area contributed by atoms with Gasteiger partial charge in [0.1, 0.15) is 0 Å². The Morgan fingerprint density at radius 3 is 2.33 bits per heavy atom. The zero-order chi connectivity index (χ0) is 13.2. The van der Waals surface area contributed by atoms with Gasteiger partial charge >= 0.3 is 0 Å². The van der Waals surface area contributed by atoms with Crippen LogP contribution in [0.15, 0.2) is 0 Å². The maximum Gasteiger partial charge on any atom is 0.227 e. The molecule has 2 heterocycles. The van der Waals surface area contributed by atoms with E-state index in [4.69, 9.17) is 0 Å². The van der Waals surface area contributed by atoms with E-state index < -0.39 is 10.0 Å². The molecule has 1 amide bonds. The zero-order valence-electron chi connectivity index (χ0n) is 11.0. The summed E-state index contributed by atoms with van der Waals surface area (Å²) in [7, 11) is -3.16. The van der Waals surface area contributed by atoms with E-state index in [1.807, 2.05) is 4.90 Å². The number of carbonyl (C=O) groups is 1. The summed E-state index contributed by atoms with van der Waals surface area (Å²) in [6.07, 6.45) is 6.19. The fourth-order valence-electron chi connectivity index (χ4n) is 2.82. The summed E-state index contributed by atoms with van der Waals surface area (Å²) in [5.74, 6) is 0.0228. The number of sulfonamides is 1.